The number of fused-ring (bicyclic) bond motifs is 1. The molecule has 1 N–H and O–H groups in total. The molecule has 4 rings (SSSR count). The Morgan fingerprint density at radius 2 is 2.04 bits per heavy atom. The summed E-state index contributed by atoms with van der Waals surface area (Å²) in [5.74, 6) is 0.961. The molecule has 1 aromatic heterocycles. The molecule has 1 saturated heterocycles. The van der Waals surface area contributed by atoms with E-state index in [1.807, 2.05) is 29.2 Å². The maximum Gasteiger partial charge on any atom is 0.226 e. The van der Waals surface area contributed by atoms with Crippen molar-refractivity contribution in [2.45, 2.75) is 25.2 Å². The van der Waals surface area contributed by atoms with Gasteiger partial charge in [-0.05, 0) is 37.1 Å². The Balaban J connectivity index is 1.34. The van der Waals surface area contributed by atoms with Crippen LogP contribution in [0.3, 0.4) is 0 Å². The SMILES string of the molecule is O=C(CCOc1ccccc1F)N1CCCC(c2nc3ccccc3[nH]2)C1. The predicted molar refractivity (Wildman–Crippen MR) is 101 cm³/mol. The second-order valence-electron chi connectivity index (χ2n) is 6.85. The molecule has 140 valence electrons. The van der Waals surface area contributed by atoms with Crippen LogP contribution in [0.2, 0.25) is 0 Å². The first-order chi connectivity index (χ1) is 13.2. The molecule has 27 heavy (non-hydrogen) atoms. The summed E-state index contributed by atoms with van der Waals surface area (Å²) in [6, 6.07) is 14.2. The van der Waals surface area contributed by atoms with E-state index >= 15 is 0 Å². The van der Waals surface area contributed by atoms with Gasteiger partial charge in [0.1, 0.15) is 5.82 Å². The molecule has 2 heterocycles. The fourth-order valence-corrected chi connectivity index (χ4v) is 3.56. The minimum absolute atomic E-state index is 0.0344. The second-order valence-corrected chi connectivity index (χ2v) is 6.85. The van der Waals surface area contributed by atoms with E-state index < -0.39 is 5.82 Å². The second kappa shape index (κ2) is 7.78. The topological polar surface area (TPSA) is 58.2 Å². The van der Waals surface area contributed by atoms with Crippen LogP contribution >= 0.6 is 0 Å². The summed E-state index contributed by atoms with van der Waals surface area (Å²) in [5.41, 5.74) is 1.98. The summed E-state index contributed by atoms with van der Waals surface area (Å²) in [4.78, 5) is 22.5. The number of carbonyl (C=O) groups is 1. The molecule has 3 aromatic rings. The Bertz CT molecular complexity index is 907. The van der Waals surface area contributed by atoms with Crippen LogP contribution in [0.25, 0.3) is 11.0 Å². The first-order valence-corrected chi connectivity index (χ1v) is 9.30. The van der Waals surface area contributed by atoms with Gasteiger partial charge in [-0.3, -0.25) is 4.79 Å². The van der Waals surface area contributed by atoms with Crippen molar-refractivity contribution in [2.24, 2.45) is 0 Å². The van der Waals surface area contributed by atoms with E-state index in [1.54, 1.807) is 18.2 Å². The third-order valence-corrected chi connectivity index (χ3v) is 4.98. The number of ether oxygens (including phenoxy) is 1. The lowest BCUT2D eigenvalue weighted by Gasteiger charge is -2.32. The van der Waals surface area contributed by atoms with Gasteiger partial charge >= 0.3 is 0 Å². The van der Waals surface area contributed by atoms with Crippen molar-refractivity contribution in [1.29, 1.82) is 0 Å². The molecular formula is C21H22FN3O2. The maximum atomic E-state index is 13.6. The Labute approximate surface area is 157 Å². The van der Waals surface area contributed by atoms with Gasteiger partial charge in [-0.25, -0.2) is 9.37 Å². The molecule has 0 radical (unpaired) electrons. The van der Waals surface area contributed by atoms with E-state index in [1.165, 1.54) is 6.07 Å². The molecule has 0 aliphatic carbocycles. The van der Waals surface area contributed by atoms with E-state index in [4.69, 9.17) is 4.74 Å². The van der Waals surface area contributed by atoms with E-state index in [-0.39, 0.29) is 30.6 Å². The van der Waals surface area contributed by atoms with Crippen molar-refractivity contribution >= 4 is 16.9 Å². The van der Waals surface area contributed by atoms with Crippen molar-refractivity contribution < 1.29 is 13.9 Å². The molecule has 2 aromatic carbocycles. The van der Waals surface area contributed by atoms with Crippen molar-refractivity contribution in [3.8, 4) is 5.75 Å². The molecule has 5 nitrogen and oxygen atoms in total. The fourth-order valence-electron chi connectivity index (χ4n) is 3.56. The summed E-state index contributed by atoms with van der Waals surface area (Å²) < 4.78 is 19.0. The molecular weight excluding hydrogens is 345 g/mol. The Kier molecular flexibility index (Phi) is 5.05. The van der Waals surface area contributed by atoms with Crippen molar-refractivity contribution in [3.63, 3.8) is 0 Å². The molecule has 1 unspecified atom stereocenters. The summed E-state index contributed by atoms with van der Waals surface area (Å²) >= 11 is 0. The number of benzene rings is 2. The molecule has 1 atom stereocenters. The summed E-state index contributed by atoms with van der Waals surface area (Å²) in [6.45, 7) is 1.57. The first kappa shape index (κ1) is 17.5. The molecule has 6 heteroatoms. The van der Waals surface area contributed by atoms with Gasteiger partial charge in [0.25, 0.3) is 0 Å². The summed E-state index contributed by atoms with van der Waals surface area (Å²) in [7, 11) is 0. The number of piperidine rings is 1. The van der Waals surface area contributed by atoms with Crippen molar-refractivity contribution in [1.82, 2.24) is 14.9 Å². The largest absolute Gasteiger partial charge is 0.490 e. The smallest absolute Gasteiger partial charge is 0.226 e. The number of hydrogen-bond acceptors (Lipinski definition) is 3. The van der Waals surface area contributed by atoms with E-state index in [0.29, 0.717) is 6.54 Å². The third-order valence-electron chi connectivity index (χ3n) is 4.98. The van der Waals surface area contributed by atoms with E-state index in [2.05, 4.69) is 9.97 Å². The minimum atomic E-state index is -0.409. The minimum Gasteiger partial charge on any atom is -0.490 e. The number of amides is 1. The van der Waals surface area contributed by atoms with Crippen LogP contribution in [0.5, 0.6) is 5.75 Å². The monoisotopic (exact) mass is 367 g/mol. The van der Waals surface area contributed by atoms with Gasteiger partial charge in [-0.1, -0.05) is 24.3 Å². The average Bonchev–Trinajstić information content (AvgIpc) is 3.14. The maximum absolute atomic E-state index is 13.6. The van der Waals surface area contributed by atoms with Gasteiger partial charge < -0.3 is 14.6 Å². The molecule has 1 aliphatic heterocycles. The molecule has 0 bridgehead atoms. The number of para-hydroxylation sites is 3. The predicted octanol–water partition coefficient (Wildman–Crippen LogP) is 3.88. The van der Waals surface area contributed by atoms with Crippen molar-refractivity contribution in [3.05, 3.63) is 60.2 Å². The van der Waals surface area contributed by atoms with Gasteiger partial charge in [0.2, 0.25) is 5.91 Å². The van der Waals surface area contributed by atoms with Crippen LogP contribution < -0.4 is 4.74 Å². The van der Waals surface area contributed by atoms with Gasteiger partial charge in [-0.15, -0.1) is 0 Å². The standard InChI is InChI=1S/C21H22FN3O2/c22-16-7-1-4-10-19(16)27-13-11-20(26)25-12-5-6-15(14-25)21-23-17-8-2-3-9-18(17)24-21/h1-4,7-10,15H,5-6,11-14H2,(H,23,24). The molecule has 1 amide bonds. The zero-order chi connectivity index (χ0) is 18.6. The highest BCUT2D eigenvalue weighted by molar-refractivity contribution is 5.77. The Morgan fingerprint density at radius 1 is 1.22 bits per heavy atom. The van der Waals surface area contributed by atoms with Crippen LogP contribution in [-0.2, 0) is 4.79 Å². The number of H-pyrrole nitrogens is 1. The molecule has 1 fully saturated rings. The highest BCUT2D eigenvalue weighted by Crippen LogP contribution is 2.27. The number of aromatic amines is 1. The van der Waals surface area contributed by atoms with Gasteiger partial charge in [0.05, 0.1) is 24.1 Å². The number of nitrogens with zero attached hydrogens (tertiary/aromatic N) is 2. The number of carbonyl (C=O) groups excluding carboxylic acids is 1. The number of aromatic nitrogens is 2. The molecule has 1 aliphatic rings. The zero-order valence-electron chi connectivity index (χ0n) is 15.0. The number of imidazole rings is 1. The van der Waals surface area contributed by atoms with E-state index in [0.717, 1.165) is 36.2 Å². The lowest BCUT2D eigenvalue weighted by Crippen LogP contribution is -2.39. The van der Waals surface area contributed by atoms with Crippen LogP contribution in [0.15, 0.2) is 48.5 Å². The third kappa shape index (κ3) is 3.94. The van der Waals surface area contributed by atoms with Gasteiger partial charge in [0.15, 0.2) is 11.6 Å². The Morgan fingerprint density at radius 3 is 2.89 bits per heavy atom. The fraction of sp³-hybridized carbons (Fsp3) is 0.333. The average molecular weight is 367 g/mol. The Hall–Kier alpha value is -2.89. The van der Waals surface area contributed by atoms with Crippen LogP contribution in [-0.4, -0.2) is 40.5 Å². The number of likely N-dealkylation sites (tertiary alicyclic amines) is 1. The summed E-state index contributed by atoms with van der Waals surface area (Å²) in [5, 5.41) is 0. The van der Waals surface area contributed by atoms with Gasteiger partial charge in [0, 0.05) is 19.0 Å². The number of halogens is 1. The number of rotatable bonds is 5. The van der Waals surface area contributed by atoms with Gasteiger partial charge in [-0.2, -0.15) is 0 Å². The normalized spacial score (nSPS) is 17.2. The number of hydrogen-bond donors (Lipinski definition) is 1. The quantitative estimate of drug-likeness (QED) is 0.745. The zero-order valence-corrected chi connectivity index (χ0v) is 15.0. The lowest BCUT2D eigenvalue weighted by atomic mass is 9.97. The molecule has 0 saturated carbocycles. The van der Waals surface area contributed by atoms with Crippen LogP contribution in [0.1, 0.15) is 31.0 Å². The highest BCUT2D eigenvalue weighted by atomic mass is 19.1. The van der Waals surface area contributed by atoms with Crippen molar-refractivity contribution in [2.75, 3.05) is 19.7 Å². The number of nitrogens with one attached hydrogen (secondary N) is 1. The molecule has 0 spiro atoms. The van der Waals surface area contributed by atoms with Crippen LogP contribution in [0.4, 0.5) is 4.39 Å². The van der Waals surface area contributed by atoms with Crippen LogP contribution in [0, 0.1) is 5.82 Å². The lowest BCUT2D eigenvalue weighted by molar-refractivity contribution is -0.133. The highest BCUT2D eigenvalue weighted by Gasteiger charge is 2.26. The summed E-state index contributed by atoms with van der Waals surface area (Å²) in [6.07, 6.45) is 2.19. The van der Waals surface area contributed by atoms with E-state index in [9.17, 15) is 9.18 Å². The first-order valence-electron chi connectivity index (χ1n) is 9.30.